The zero-order valence-electron chi connectivity index (χ0n) is 11.1. The summed E-state index contributed by atoms with van der Waals surface area (Å²) < 4.78 is 97.3. The minimum absolute atomic E-state index is 0.0348. The van der Waals surface area contributed by atoms with Crippen molar-refractivity contribution in [1.82, 2.24) is 0 Å². The Bertz CT molecular complexity index is 571. The van der Waals surface area contributed by atoms with E-state index in [9.17, 15) is 30.4 Å². The predicted molar refractivity (Wildman–Crippen MR) is 66.9 cm³/mol. The van der Waals surface area contributed by atoms with Crippen LogP contribution in [0.3, 0.4) is 0 Å². The highest BCUT2D eigenvalue weighted by atomic mass is 32.2. The normalized spacial score (nSPS) is 14.8. The van der Waals surface area contributed by atoms with Crippen molar-refractivity contribution in [2.75, 3.05) is 6.61 Å². The molecule has 4 nitrogen and oxygen atoms in total. The fraction of sp³-hybridized carbons (Fsp3) is 0.500. The molecular weight excluding hydrogens is 335 g/mol. The maximum absolute atomic E-state index is 12.7. The van der Waals surface area contributed by atoms with Gasteiger partial charge < -0.3 is 4.74 Å². The summed E-state index contributed by atoms with van der Waals surface area (Å²) in [5.74, 6) is -4.88. The van der Waals surface area contributed by atoms with Crippen molar-refractivity contribution in [2.45, 2.75) is 30.4 Å². The van der Waals surface area contributed by atoms with Crippen LogP contribution < -0.4 is 0 Å². The van der Waals surface area contributed by atoms with Crippen LogP contribution in [0, 0.1) is 0 Å². The fourth-order valence-electron chi connectivity index (χ4n) is 1.59. The van der Waals surface area contributed by atoms with Crippen molar-refractivity contribution in [1.29, 1.82) is 0 Å². The molecule has 0 aliphatic rings. The van der Waals surface area contributed by atoms with Crippen LogP contribution in [0.5, 0.6) is 0 Å². The van der Waals surface area contributed by atoms with Gasteiger partial charge in [-0.15, -0.1) is 0 Å². The summed E-state index contributed by atoms with van der Waals surface area (Å²) in [6.45, 7) is -0.689. The van der Waals surface area contributed by atoms with E-state index in [1.54, 1.807) is 6.07 Å². The smallest absolute Gasteiger partial charge is 0.355 e. The molecule has 1 unspecified atom stereocenters. The highest BCUT2D eigenvalue weighted by molar-refractivity contribution is 7.85. The second-order valence-electron chi connectivity index (χ2n) is 4.43. The van der Waals surface area contributed by atoms with E-state index >= 15 is 0 Å². The molecule has 0 aliphatic carbocycles. The Labute approximate surface area is 123 Å². The van der Waals surface area contributed by atoms with E-state index in [0.29, 0.717) is 0 Å². The molecule has 0 aromatic heterocycles. The molecule has 0 aliphatic heterocycles. The standard InChI is InChI=1S/C12H13F5O4S/c13-11(14,12(15,16)17)7-4-8-21-10(22(18,19)20)9-5-2-1-3-6-9/h1-3,5-6,10H,4,7-8H2,(H,18,19,20). The third-order valence-corrected chi connectivity index (χ3v) is 3.61. The van der Waals surface area contributed by atoms with Crippen molar-refractivity contribution in [3.63, 3.8) is 0 Å². The first kappa shape index (κ1) is 18.8. The number of hydrogen-bond donors (Lipinski definition) is 1. The lowest BCUT2D eigenvalue weighted by Gasteiger charge is -2.20. The molecule has 0 fully saturated rings. The number of halogens is 5. The van der Waals surface area contributed by atoms with Crippen LogP contribution in [0.1, 0.15) is 23.8 Å². The van der Waals surface area contributed by atoms with Gasteiger partial charge in [0.05, 0.1) is 0 Å². The topological polar surface area (TPSA) is 63.6 Å². The molecule has 22 heavy (non-hydrogen) atoms. The summed E-state index contributed by atoms with van der Waals surface area (Å²) >= 11 is 0. The van der Waals surface area contributed by atoms with Gasteiger partial charge in [-0.1, -0.05) is 30.3 Å². The summed E-state index contributed by atoms with van der Waals surface area (Å²) in [5.41, 5.74) is -1.80. The Morgan fingerprint density at radius 3 is 2.09 bits per heavy atom. The van der Waals surface area contributed by atoms with Crippen molar-refractivity contribution in [3.8, 4) is 0 Å². The zero-order chi connectivity index (χ0) is 17.0. The number of ether oxygens (including phenoxy) is 1. The summed E-state index contributed by atoms with van der Waals surface area (Å²) in [7, 11) is -4.69. The monoisotopic (exact) mass is 348 g/mol. The molecule has 0 heterocycles. The second-order valence-corrected chi connectivity index (χ2v) is 5.89. The molecule has 1 aromatic carbocycles. The van der Waals surface area contributed by atoms with Crippen molar-refractivity contribution < 1.29 is 39.7 Å². The molecule has 1 aromatic rings. The van der Waals surface area contributed by atoms with Crippen LogP contribution in [0.15, 0.2) is 30.3 Å². The van der Waals surface area contributed by atoms with Crippen LogP contribution in [0.4, 0.5) is 22.0 Å². The second kappa shape index (κ2) is 6.88. The minimum Gasteiger partial charge on any atom is -0.355 e. The van der Waals surface area contributed by atoms with E-state index < -0.39 is 47.1 Å². The molecule has 0 saturated heterocycles. The SMILES string of the molecule is O=S(=O)(O)C(OCCCC(F)(F)C(F)(F)F)c1ccccc1. The van der Waals surface area contributed by atoms with Crippen LogP contribution in [-0.4, -0.2) is 31.7 Å². The maximum Gasteiger partial charge on any atom is 0.453 e. The summed E-state index contributed by atoms with van der Waals surface area (Å²) in [6.07, 6.45) is -7.94. The van der Waals surface area contributed by atoms with Gasteiger partial charge in [0.2, 0.25) is 5.44 Å². The lowest BCUT2D eigenvalue weighted by atomic mass is 10.2. The number of benzene rings is 1. The average Bonchev–Trinajstić information content (AvgIpc) is 2.36. The lowest BCUT2D eigenvalue weighted by Crippen LogP contribution is -2.36. The van der Waals surface area contributed by atoms with Gasteiger partial charge >= 0.3 is 12.1 Å². The largest absolute Gasteiger partial charge is 0.453 e. The Balaban J connectivity index is 2.64. The van der Waals surface area contributed by atoms with Gasteiger partial charge in [-0.25, -0.2) is 0 Å². The average molecular weight is 348 g/mol. The predicted octanol–water partition coefficient (Wildman–Crippen LogP) is 3.57. The third kappa shape index (κ3) is 5.18. The van der Waals surface area contributed by atoms with Gasteiger partial charge in [0.25, 0.3) is 10.1 Å². The molecule has 0 radical (unpaired) electrons. The van der Waals surface area contributed by atoms with Gasteiger partial charge in [-0.2, -0.15) is 30.4 Å². The maximum atomic E-state index is 12.7. The number of hydrogen-bond acceptors (Lipinski definition) is 3. The highest BCUT2D eigenvalue weighted by Gasteiger charge is 2.56. The van der Waals surface area contributed by atoms with Gasteiger partial charge in [-0.05, 0) is 12.0 Å². The van der Waals surface area contributed by atoms with Gasteiger partial charge in [0.15, 0.2) is 0 Å². The molecule has 0 amide bonds. The Hall–Kier alpha value is -1.26. The third-order valence-electron chi connectivity index (χ3n) is 2.66. The number of alkyl halides is 5. The van der Waals surface area contributed by atoms with E-state index in [-0.39, 0.29) is 5.56 Å². The molecular formula is C12H13F5O4S. The molecule has 0 bridgehead atoms. The van der Waals surface area contributed by atoms with Crippen LogP contribution >= 0.6 is 0 Å². The molecule has 1 N–H and O–H groups in total. The molecule has 0 spiro atoms. The van der Waals surface area contributed by atoms with Gasteiger partial charge in [-0.3, -0.25) is 4.55 Å². The van der Waals surface area contributed by atoms with E-state index in [2.05, 4.69) is 0 Å². The molecule has 10 heteroatoms. The first-order valence-electron chi connectivity index (χ1n) is 6.02. The Morgan fingerprint density at radius 2 is 1.64 bits per heavy atom. The van der Waals surface area contributed by atoms with Gasteiger partial charge in [0.1, 0.15) is 0 Å². The van der Waals surface area contributed by atoms with Crippen LogP contribution in [0.2, 0.25) is 0 Å². The summed E-state index contributed by atoms with van der Waals surface area (Å²) in [5, 5.41) is 0. The molecule has 0 saturated carbocycles. The fourth-order valence-corrected chi connectivity index (χ4v) is 2.36. The molecule has 1 rings (SSSR count). The summed E-state index contributed by atoms with van der Waals surface area (Å²) in [4.78, 5) is 0. The van der Waals surface area contributed by atoms with Gasteiger partial charge in [0, 0.05) is 13.0 Å². The Morgan fingerprint density at radius 1 is 1.09 bits per heavy atom. The van der Waals surface area contributed by atoms with E-state index in [4.69, 9.17) is 9.29 Å². The minimum atomic E-state index is -5.67. The van der Waals surface area contributed by atoms with Crippen molar-refractivity contribution in [3.05, 3.63) is 35.9 Å². The highest BCUT2D eigenvalue weighted by Crippen LogP contribution is 2.38. The number of rotatable bonds is 7. The zero-order valence-corrected chi connectivity index (χ0v) is 11.9. The van der Waals surface area contributed by atoms with E-state index in [1.807, 2.05) is 0 Å². The Kier molecular flexibility index (Phi) is 5.88. The quantitative estimate of drug-likeness (QED) is 0.465. The summed E-state index contributed by atoms with van der Waals surface area (Å²) in [6, 6.07) is 7.09. The molecule has 126 valence electrons. The van der Waals surface area contributed by atoms with Crippen LogP contribution in [0.25, 0.3) is 0 Å². The first-order valence-corrected chi connectivity index (χ1v) is 7.53. The van der Waals surface area contributed by atoms with E-state index in [0.717, 1.165) is 0 Å². The van der Waals surface area contributed by atoms with E-state index in [1.165, 1.54) is 24.3 Å². The molecule has 1 atom stereocenters. The van der Waals surface area contributed by atoms with Crippen molar-refractivity contribution >= 4 is 10.1 Å². The van der Waals surface area contributed by atoms with Crippen LogP contribution in [-0.2, 0) is 14.9 Å². The lowest BCUT2D eigenvalue weighted by molar-refractivity contribution is -0.285. The van der Waals surface area contributed by atoms with Crippen molar-refractivity contribution in [2.24, 2.45) is 0 Å². The first-order chi connectivity index (χ1) is 9.95.